The lowest BCUT2D eigenvalue weighted by Gasteiger charge is -2.43. The van der Waals surface area contributed by atoms with Crippen molar-refractivity contribution in [3.8, 4) is 6.07 Å². The number of halogens is 5. The van der Waals surface area contributed by atoms with E-state index in [0.29, 0.717) is 44.4 Å². The quantitative estimate of drug-likeness (QED) is 0.559. The molecule has 2 aromatic carbocycles. The van der Waals surface area contributed by atoms with Gasteiger partial charge in [-0.15, -0.1) is 0 Å². The molecule has 0 aromatic heterocycles. The van der Waals surface area contributed by atoms with Gasteiger partial charge in [-0.1, -0.05) is 0 Å². The summed E-state index contributed by atoms with van der Waals surface area (Å²) in [6, 6.07) is 8.05. The van der Waals surface area contributed by atoms with Gasteiger partial charge in [-0.3, -0.25) is 4.79 Å². The number of hydrogen-bond donors (Lipinski definition) is 0. The number of amides is 1. The summed E-state index contributed by atoms with van der Waals surface area (Å²) < 4.78 is 73.8. The number of hydrogen-bond acceptors (Lipinski definition) is 4. The van der Waals surface area contributed by atoms with E-state index < -0.39 is 40.3 Å². The molecule has 0 bridgehead atoms. The first-order valence-electron chi connectivity index (χ1n) is 11.3. The van der Waals surface area contributed by atoms with Crippen LogP contribution >= 0.6 is 0 Å². The van der Waals surface area contributed by atoms with Crippen molar-refractivity contribution in [2.45, 2.75) is 19.5 Å². The zero-order chi connectivity index (χ0) is 25.4. The molecular weight excluding hydrogens is 469 g/mol. The molecule has 0 N–H and O–H groups in total. The predicted molar refractivity (Wildman–Crippen MR) is 118 cm³/mol. The fourth-order valence-electron chi connectivity index (χ4n) is 5.16. The van der Waals surface area contributed by atoms with Gasteiger partial charge >= 0.3 is 6.18 Å². The Kier molecular flexibility index (Phi) is 6.73. The predicted octanol–water partition coefficient (Wildman–Crippen LogP) is 4.86. The Morgan fingerprint density at radius 1 is 1.20 bits per heavy atom. The number of anilines is 1. The van der Waals surface area contributed by atoms with E-state index in [1.165, 1.54) is 17.0 Å². The average Bonchev–Trinajstić information content (AvgIpc) is 3.20. The van der Waals surface area contributed by atoms with Gasteiger partial charge in [-0.05, 0) is 49.6 Å². The van der Waals surface area contributed by atoms with E-state index in [9.17, 15) is 26.7 Å². The van der Waals surface area contributed by atoms with Crippen molar-refractivity contribution >= 4 is 11.6 Å². The Hall–Kier alpha value is -3.19. The summed E-state index contributed by atoms with van der Waals surface area (Å²) in [6.07, 6.45) is -4.11. The Morgan fingerprint density at radius 3 is 2.63 bits per heavy atom. The summed E-state index contributed by atoms with van der Waals surface area (Å²) in [6.45, 7) is 3.89. The smallest absolute Gasteiger partial charge is 0.381 e. The first-order valence-corrected chi connectivity index (χ1v) is 11.3. The second-order valence-electron chi connectivity index (χ2n) is 9.06. The number of piperidine rings is 1. The molecule has 1 amide bonds. The van der Waals surface area contributed by atoms with Gasteiger partial charge in [0, 0.05) is 50.0 Å². The maximum atomic E-state index is 14.3. The summed E-state index contributed by atoms with van der Waals surface area (Å²) in [5.74, 6) is -2.26. The second-order valence-corrected chi connectivity index (χ2v) is 9.06. The van der Waals surface area contributed by atoms with Gasteiger partial charge in [0.2, 0.25) is 0 Å². The largest absolute Gasteiger partial charge is 0.417 e. The Bertz CT molecular complexity index is 1160. The molecule has 2 aliphatic rings. The van der Waals surface area contributed by atoms with Crippen LogP contribution in [-0.2, 0) is 10.9 Å². The summed E-state index contributed by atoms with van der Waals surface area (Å²) in [5, 5.41) is 9.09. The molecule has 2 aromatic rings. The molecule has 186 valence electrons. The van der Waals surface area contributed by atoms with Gasteiger partial charge in [0.1, 0.15) is 11.6 Å². The topological polar surface area (TPSA) is 56.6 Å². The lowest BCUT2D eigenvalue weighted by Crippen LogP contribution is -2.53. The molecule has 4 rings (SSSR count). The molecule has 0 spiro atoms. The van der Waals surface area contributed by atoms with Crippen molar-refractivity contribution in [1.82, 2.24) is 4.90 Å². The average molecular weight is 493 g/mol. The molecule has 0 radical (unpaired) electrons. The highest BCUT2D eigenvalue weighted by Crippen LogP contribution is 2.45. The minimum Gasteiger partial charge on any atom is -0.381 e. The SMILES string of the molecule is CCOCC12CN(C(=O)c3ccc(F)cc3F)CCC1CN(c1ccc(C#N)c(C(F)(F)F)c1)C2. The molecule has 2 aliphatic heterocycles. The molecule has 2 fully saturated rings. The van der Waals surface area contributed by atoms with E-state index in [1.54, 1.807) is 6.07 Å². The molecule has 0 saturated carbocycles. The molecule has 0 aliphatic carbocycles. The monoisotopic (exact) mass is 493 g/mol. The van der Waals surface area contributed by atoms with Crippen molar-refractivity contribution in [2.24, 2.45) is 11.3 Å². The van der Waals surface area contributed by atoms with E-state index in [4.69, 9.17) is 10.00 Å². The van der Waals surface area contributed by atoms with Gasteiger partial charge in [0.05, 0.1) is 29.4 Å². The number of benzene rings is 2. The molecule has 2 atom stereocenters. The van der Waals surface area contributed by atoms with Crippen molar-refractivity contribution < 1.29 is 31.5 Å². The summed E-state index contributed by atoms with van der Waals surface area (Å²) in [7, 11) is 0. The molecule has 5 nitrogen and oxygen atoms in total. The van der Waals surface area contributed by atoms with E-state index in [2.05, 4.69) is 0 Å². The summed E-state index contributed by atoms with van der Waals surface area (Å²) >= 11 is 0. The molecular formula is C25H24F5N3O2. The van der Waals surface area contributed by atoms with Crippen LogP contribution in [0.15, 0.2) is 36.4 Å². The van der Waals surface area contributed by atoms with Crippen molar-refractivity contribution in [3.63, 3.8) is 0 Å². The fourth-order valence-corrected chi connectivity index (χ4v) is 5.16. The number of nitrogens with zero attached hydrogens (tertiary/aromatic N) is 3. The number of alkyl halides is 3. The van der Waals surface area contributed by atoms with Gasteiger partial charge in [0.15, 0.2) is 0 Å². The van der Waals surface area contributed by atoms with E-state index in [0.717, 1.165) is 18.2 Å². The van der Waals surface area contributed by atoms with Gasteiger partial charge in [-0.2, -0.15) is 18.4 Å². The third kappa shape index (κ3) is 4.82. The van der Waals surface area contributed by atoms with Crippen LogP contribution in [0.5, 0.6) is 0 Å². The highest BCUT2D eigenvalue weighted by atomic mass is 19.4. The van der Waals surface area contributed by atoms with E-state index in [-0.39, 0.29) is 24.6 Å². The standard InChI is InChI=1S/C25H24F5N3O2/c1-2-35-15-24-13-32(23(34)20-6-4-18(26)9-22(20)27)8-7-17(24)12-33(14-24)19-5-3-16(11-31)21(10-19)25(28,29)30/h3-6,9-10,17H,2,7-8,12-15H2,1H3. The van der Waals surface area contributed by atoms with Gasteiger partial charge in [-0.25, -0.2) is 8.78 Å². The summed E-state index contributed by atoms with van der Waals surface area (Å²) in [4.78, 5) is 16.4. The number of ether oxygens (including phenoxy) is 1. The third-order valence-corrected chi connectivity index (χ3v) is 6.90. The molecule has 2 unspecified atom stereocenters. The number of likely N-dealkylation sites (tertiary alicyclic amines) is 1. The second kappa shape index (κ2) is 9.46. The van der Waals surface area contributed by atoms with Crippen LogP contribution in [0.2, 0.25) is 0 Å². The molecule has 10 heteroatoms. The minimum atomic E-state index is -4.67. The lowest BCUT2D eigenvalue weighted by atomic mass is 9.73. The van der Waals surface area contributed by atoms with Crippen molar-refractivity contribution in [2.75, 3.05) is 44.3 Å². The highest BCUT2D eigenvalue weighted by Gasteiger charge is 2.51. The zero-order valence-corrected chi connectivity index (χ0v) is 19.0. The first-order chi connectivity index (χ1) is 16.6. The molecule has 2 saturated heterocycles. The Labute approximate surface area is 199 Å². The third-order valence-electron chi connectivity index (χ3n) is 6.90. The number of fused-ring (bicyclic) bond motifs is 1. The van der Waals surface area contributed by atoms with Crippen LogP contribution in [0.3, 0.4) is 0 Å². The van der Waals surface area contributed by atoms with Crippen LogP contribution < -0.4 is 4.90 Å². The lowest BCUT2D eigenvalue weighted by molar-refractivity contribution is -0.137. The van der Waals surface area contributed by atoms with E-state index in [1.807, 2.05) is 11.8 Å². The van der Waals surface area contributed by atoms with Crippen LogP contribution in [0.1, 0.15) is 34.8 Å². The normalized spacial score (nSPS) is 22.1. The Balaban J connectivity index is 1.62. The maximum Gasteiger partial charge on any atom is 0.417 e. The van der Waals surface area contributed by atoms with Crippen molar-refractivity contribution in [1.29, 1.82) is 5.26 Å². The minimum absolute atomic E-state index is 0.0288. The number of carbonyl (C=O) groups is 1. The van der Waals surface area contributed by atoms with Crippen molar-refractivity contribution in [3.05, 3.63) is 64.7 Å². The highest BCUT2D eigenvalue weighted by molar-refractivity contribution is 5.94. The van der Waals surface area contributed by atoms with Crippen LogP contribution in [0.25, 0.3) is 0 Å². The van der Waals surface area contributed by atoms with Crippen LogP contribution in [0, 0.1) is 34.3 Å². The van der Waals surface area contributed by atoms with Crippen LogP contribution in [0.4, 0.5) is 27.6 Å². The van der Waals surface area contributed by atoms with Gasteiger partial charge in [0.25, 0.3) is 5.91 Å². The number of carbonyl (C=O) groups excluding carboxylic acids is 1. The van der Waals surface area contributed by atoms with Crippen LogP contribution in [-0.4, -0.2) is 50.2 Å². The maximum absolute atomic E-state index is 14.3. The zero-order valence-electron chi connectivity index (χ0n) is 19.0. The van der Waals surface area contributed by atoms with Gasteiger partial charge < -0.3 is 14.5 Å². The first kappa shape index (κ1) is 24.9. The van der Waals surface area contributed by atoms with E-state index >= 15 is 0 Å². The molecule has 35 heavy (non-hydrogen) atoms. The molecule has 2 heterocycles. The fraction of sp³-hybridized carbons (Fsp3) is 0.440. The Morgan fingerprint density at radius 2 is 1.97 bits per heavy atom. The number of nitriles is 1. The summed E-state index contributed by atoms with van der Waals surface area (Å²) in [5.41, 5.74) is -1.90. The number of rotatable bonds is 5.